The average Bonchev–Trinajstić information content (AvgIpc) is 2.74. The van der Waals surface area contributed by atoms with Gasteiger partial charge in [-0.3, -0.25) is 4.79 Å². The molecule has 2 aliphatic rings. The molecule has 0 aromatic heterocycles. The van der Waals surface area contributed by atoms with E-state index in [1.54, 1.807) is 19.1 Å². The van der Waals surface area contributed by atoms with E-state index >= 15 is 0 Å². The van der Waals surface area contributed by atoms with Crippen LogP contribution in [0.2, 0.25) is 0 Å². The molecular weight excluding hydrogens is 448 g/mol. The largest absolute Gasteiger partial charge is 0.412 e. The van der Waals surface area contributed by atoms with Gasteiger partial charge >= 0.3 is 6.18 Å². The van der Waals surface area contributed by atoms with Crippen LogP contribution < -0.4 is 10.0 Å². The molecule has 5 nitrogen and oxygen atoms in total. The van der Waals surface area contributed by atoms with Gasteiger partial charge in [0.2, 0.25) is 15.9 Å². The third-order valence-electron chi connectivity index (χ3n) is 5.97. The molecule has 32 heavy (non-hydrogen) atoms. The molecule has 0 heterocycles. The van der Waals surface area contributed by atoms with Gasteiger partial charge in [-0.05, 0) is 69.2 Å². The third-order valence-corrected chi connectivity index (χ3v) is 7.64. The normalized spacial score (nSPS) is 23.2. The zero-order valence-electron chi connectivity index (χ0n) is 17.6. The molecule has 0 radical (unpaired) electrons. The van der Waals surface area contributed by atoms with Crippen molar-refractivity contribution in [2.45, 2.75) is 63.7 Å². The quantitative estimate of drug-likeness (QED) is 0.590. The van der Waals surface area contributed by atoms with Crippen LogP contribution in [-0.4, -0.2) is 26.5 Å². The van der Waals surface area contributed by atoms with E-state index in [0.717, 1.165) is 17.7 Å². The molecule has 1 saturated carbocycles. The number of halogens is 4. The molecule has 3 rings (SSSR count). The number of sulfonamides is 1. The highest BCUT2D eigenvalue weighted by atomic mass is 32.2. The maximum Gasteiger partial charge on any atom is 0.412 e. The van der Waals surface area contributed by atoms with Gasteiger partial charge in [-0.2, -0.15) is 13.2 Å². The van der Waals surface area contributed by atoms with Gasteiger partial charge in [-0.1, -0.05) is 18.2 Å². The molecule has 2 N–H and O–H groups in total. The summed E-state index contributed by atoms with van der Waals surface area (Å²) in [5.41, 5.74) is 0.0440. The van der Waals surface area contributed by atoms with Crippen LogP contribution in [0.1, 0.15) is 57.1 Å². The molecule has 0 aliphatic heterocycles. The Kier molecular flexibility index (Phi) is 7.44. The lowest BCUT2D eigenvalue weighted by Crippen LogP contribution is -2.41. The molecule has 1 amide bonds. The lowest BCUT2D eigenvalue weighted by atomic mass is 9.85. The standard InChI is InChI=1S/C22H26F4N2O3S/c1-14(15-2-8-18(23)9-3-15)27-21(29)16-4-10-19(11-5-16)28-32(30,31)20-12-6-17(7-13-20)22(24,25)26/h2-3,6,8-9,12,14,16,19,28H,4-5,7,10-11,13H2,1H3,(H,27,29). The third kappa shape index (κ3) is 6.19. The lowest BCUT2D eigenvalue weighted by Gasteiger charge is -2.29. The lowest BCUT2D eigenvalue weighted by molar-refractivity contribution is -0.126. The van der Waals surface area contributed by atoms with E-state index in [-0.39, 0.29) is 47.5 Å². The minimum atomic E-state index is -4.45. The fourth-order valence-electron chi connectivity index (χ4n) is 4.01. The number of carbonyl (C=O) groups excluding carboxylic acids is 1. The molecule has 1 fully saturated rings. The number of rotatable bonds is 6. The summed E-state index contributed by atoms with van der Waals surface area (Å²) in [6.45, 7) is 1.81. The van der Waals surface area contributed by atoms with E-state index in [1.165, 1.54) is 12.1 Å². The van der Waals surface area contributed by atoms with Gasteiger partial charge in [-0.15, -0.1) is 0 Å². The van der Waals surface area contributed by atoms with E-state index in [2.05, 4.69) is 10.0 Å². The summed E-state index contributed by atoms with van der Waals surface area (Å²) in [5.74, 6) is -0.749. The van der Waals surface area contributed by atoms with Gasteiger partial charge in [0.15, 0.2) is 0 Å². The number of hydrogen-bond donors (Lipinski definition) is 2. The van der Waals surface area contributed by atoms with Crippen LogP contribution in [0.3, 0.4) is 0 Å². The first-order valence-corrected chi connectivity index (χ1v) is 12.0. The second kappa shape index (κ2) is 9.74. The van der Waals surface area contributed by atoms with Crippen molar-refractivity contribution >= 4 is 15.9 Å². The van der Waals surface area contributed by atoms with Gasteiger partial charge in [0.25, 0.3) is 0 Å². The molecule has 0 bridgehead atoms. The number of alkyl halides is 3. The zero-order valence-corrected chi connectivity index (χ0v) is 18.4. The van der Waals surface area contributed by atoms with Crippen molar-refractivity contribution in [2.75, 3.05) is 0 Å². The van der Waals surface area contributed by atoms with Crippen LogP contribution >= 0.6 is 0 Å². The van der Waals surface area contributed by atoms with Crippen molar-refractivity contribution in [3.8, 4) is 0 Å². The van der Waals surface area contributed by atoms with Gasteiger partial charge in [0.05, 0.1) is 10.9 Å². The minimum Gasteiger partial charge on any atom is -0.349 e. The van der Waals surface area contributed by atoms with Crippen molar-refractivity contribution in [2.24, 2.45) is 5.92 Å². The molecular formula is C22H26F4N2O3S. The summed E-state index contributed by atoms with van der Waals surface area (Å²) in [5, 5.41) is 2.91. The van der Waals surface area contributed by atoms with Crippen molar-refractivity contribution in [3.63, 3.8) is 0 Å². The Morgan fingerprint density at radius 3 is 2.19 bits per heavy atom. The summed E-state index contributed by atoms with van der Waals surface area (Å²) in [4.78, 5) is 12.5. The van der Waals surface area contributed by atoms with Crippen molar-refractivity contribution in [3.05, 3.63) is 58.3 Å². The highest BCUT2D eigenvalue weighted by Gasteiger charge is 2.36. The molecule has 1 unspecified atom stereocenters. The molecule has 0 spiro atoms. The summed E-state index contributed by atoms with van der Waals surface area (Å²) < 4.78 is 78.9. The van der Waals surface area contributed by atoms with E-state index < -0.39 is 21.8 Å². The molecule has 1 aromatic carbocycles. The Hall–Kier alpha value is -2.20. The Morgan fingerprint density at radius 1 is 1.03 bits per heavy atom. The first-order chi connectivity index (χ1) is 15.0. The van der Waals surface area contributed by atoms with Crippen molar-refractivity contribution < 1.29 is 30.8 Å². The van der Waals surface area contributed by atoms with E-state index in [9.17, 15) is 30.8 Å². The van der Waals surface area contributed by atoms with Crippen LogP contribution in [0.25, 0.3) is 0 Å². The molecule has 176 valence electrons. The van der Waals surface area contributed by atoms with E-state index in [1.807, 2.05) is 0 Å². The van der Waals surface area contributed by atoms with Crippen molar-refractivity contribution in [1.82, 2.24) is 10.0 Å². The monoisotopic (exact) mass is 474 g/mol. The van der Waals surface area contributed by atoms with Gasteiger partial charge < -0.3 is 5.32 Å². The highest BCUT2D eigenvalue weighted by Crippen LogP contribution is 2.34. The SMILES string of the molecule is CC(NC(=O)C1CCC(NS(=O)(=O)C2=CC=C(C(F)(F)F)CC2)CC1)c1ccc(F)cc1. The van der Waals surface area contributed by atoms with Gasteiger partial charge in [-0.25, -0.2) is 17.5 Å². The number of allylic oxidation sites excluding steroid dienone is 4. The Labute approximate surface area is 185 Å². The fraction of sp³-hybridized carbons (Fsp3) is 0.500. The average molecular weight is 475 g/mol. The smallest absolute Gasteiger partial charge is 0.349 e. The molecule has 1 atom stereocenters. The topological polar surface area (TPSA) is 75.3 Å². The van der Waals surface area contributed by atoms with E-state index in [4.69, 9.17) is 0 Å². The Bertz CT molecular complexity index is 993. The summed E-state index contributed by atoms with van der Waals surface area (Å²) in [6.07, 6.45) is -1.27. The van der Waals surface area contributed by atoms with Gasteiger partial charge in [0.1, 0.15) is 5.82 Å². The first-order valence-electron chi connectivity index (χ1n) is 10.5. The fourth-order valence-corrected chi connectivity index (χ4v) is 5.46. The van der Waals surface area contributed by atoms with Crippen molar-refractivity contribution in [1.29, 1.82) is 0 Å². The van der Waals surface area contributed by atoms with Crippen LogP contribution in [0, 0.1) is 11.7 Å². The zero-order chi connectivity index (χ0) is 23.5. The summed E-state index contributed by atoms with van der Waals surface area (Å²) in [6, 6.07) is 5.23. The number of carbonyl (C=O) groups is 1. The van der Waals surface area contributed by atoms with Crippen LogP contribution in [0.4, 0.5) is 17.6 Å². The number of benzene rings is 1. The maximum absolute atomic E-state index is 13.1. The molecule has 0 saturated heterocycles. The molecule has 1 aromatic rings. The van der Waals surface area contributed by atoms with Gasteiger partial charge in [0, 0.05) is 17.5 Å². The summed E-state index contributed by atoms with van der Waals surface area (Å²) >= 11 is 0. The van der Waals surface area contributed by atoms with Crippen LogP contribution in [-0.2, 0) is 14.8 Å². The second-order valence-corrected chi connectivity index (χ2v) is 10.0. The number of hydrogen-bond acceptors (Lipinski definition) is 3. The Balaban J connectivity index is 1.51. The molecule has 10 heteroatoms. The predicted molar refractivity (Wildman–Crippen MR) is 112 cm³/mol. The minimum absolute atomic E-state index is 0.0570. The van der Waals surface area contributed by atoms with E-state index in [0.29, 0.717) is 25.7 Å². The predicted octanol–water partition coefficient (Wildman–Crippen LogP) is 4.65. The molecule has 2 aliphatic carbocycles. The summed E-state index contributed by atoms with van der Waals surface area (Å²) in [7, 11) is -3.88. The number of amides is 1. The maximum atomic E-state index is 13.1. The second-order valence-electron chi connectivity index (χ2n) is 8.27. The van der Waals surface area contributed by atoms with Crippen LogP contribution in [0.5, 0.6) is 0 Å². The Morgan fingerprint density at radius 2 is 1.66 bits per heavy atom. The van der Waals surface area contributed by atoms with Crippen LogP contribution in [0.15, 0.2) is 46.9 Å². The first kappa shape index (κ1) is 24.4. The highest BCUT2D eigenvalue weighted by molar-refractivity contribution is 7.93. The number of nitrogens with one attached hydrogen (secondary N) is 2.